The Balaban J connectivity index is 2.41. The highest BCUT2D eigenvalue weighted by Gasteiger charge is 2.27. The third kappa shape index (κ3) is 5.11. The lowest BCUT2D eigenvalue weighted by atomic mass is 10.4. The molecule has 102 valence electrons. The number of rotatable bonds is 5. The van der Waals surface area contributed by atoms with Crippen molar-refractivity contribution in [2.75, 3.05) is 13.2 Å². The number of nitrogens with zero attached hydrogens (tertiary/aromatic N) is 2. The van der Waals surface area contributed by atoms with Crippen LogP contribution in [-0.2, 0) is 11.3 Å². The minimum Gasteiger partial charge on any atom is -0.372 e. The predicted molar refractivity (Wildman–Crippen MR) is 67.7 cm³/mol. The van der Waals surface area contributed by atoms with Crippen molar-refractivity contribution in [2.24, 2.45) is 0 Å². The first-order valence-electron chi connectivity index (χ1n) is 4.86. The second-order valence-corrected chi connectivity index (χ2v) is 4.81. The van der Waals surface area contributed by atoms with Crippen LogP contribution in [0.25, 0.3) is 0 Å². The zero-order valence-electron chi connectivity index (χ0n) is 9.01. The van der Waals surface area contributed by atoms with Gasteiger partial charge < -0.3 is 4.74 Å². The summed E-state index contributed by atoms with van der Waals surface area (Å²) >= 11 is 7.40. The van der Waals surface area contributed by atoms with Crippen LogP contribution in [0.15, 0.2) is 11.1 Å². The molecule has 1 aromatic heterocycles. The average molecular weight is 397 g/mol. The molecule has 0 fully saturated rings. The fourth-order valence-electron chi connectivity index (χ4n) is 1.13. The van der Waals surface area contributed by atoms with Gasteiger partial charge in [-0.1, -0.05) is 11.6 Å². The van der Waals surface area contributed by atoms with Crippen molar-refractivity contribution in [3.63, 3.8) is 0 Å². The number of aryl methyl sites for hydroxylation is 1. The molecule has 9 heteroatoms. The number of hydrogen-bond donors (Lipinski definition) is 0. The van der Waals surface area contributed by atoms with Gasteiger partial charge in [-0.3, -0.25) is 9.36 Å². The van der Waals surface area contributed by atoms with Crippen molar-refractivity contribution in [2.45, 2.75) is 19.1 Å². The molecule has 0 saturated heterocycles. The SMILES string of the molecule is O=c1c(I)c(Cl)ncn1CCCOCC(F)(F)F. The van der Waals surface area contributed by atoms with E-state index >= 15 is 0 Å². The van der Waals surface area contributed by atoms with Gasteiger partial charge in [0.15, 0.2) is 0 Å². The Morgan fingerprint density at radius 2 is 2.17 bits per heavy atom. The van der Waals surface area contributed by atoms with Gasteiger partial charge in [0, 0.05) is 13.2 Å². The standard InChI is InChI=1S/C9H9ClF3IN2O2/c10-7-6(14)8(17)16(5-15-7)2-1-3-18-4-9(11,12)13/h5H,1-4H2. The van der Waals surface area contributed by atoms with E-state index in [1.165, 1.54) is 10.9 Å². The molecule has 18 heavy (non-hydrogen) atoms. The molecular weight excluding hydrogens is 387 g/mol. The third-order valence-electron chi connectivity index (χ3n) is 1.89. The molecule has 0 bridgehead atoms. The number of ether oxygens (including phenoxy) is 1. The summed E-state index contributed by atoms with van der Waals surface area (Å²) in [5, 5.41) is 0.116. The van der Waals surface area contributed by atoms with Crippen LogP contribution in [0.5, 0.6) is 0 Å². The minimum atomic E-state index is -4.33. The Kier molecular flexibility index (Phi) is 5.86. The highest BCUT2D eigenvalue weighted by Crippen LogP contribution is 2.14. The predicted octanol–water partition coefficient (Wildman–Crippen LogP) is 2.47. The molecule has 0 atom stereocenters. The van der Waals surface area contributed by atoms with Gasteiger partial charge in [0.2, 0.25) is 0 Å². The van der Waals surface area contributed by atoms with Crippen molar-refractivity contribution in [3.8, 4) is 0 Å². The Morgan fingerprint density at radius 1 is 1.50 bits per heavy atom. The summed E-state index contributed by atoms with van der Waals surface area (Å²) < 4.78 is 41.3. The number of hydrogen-bond acceptors (Lipinski definition) is 3. The second kappa shape index (κ2) is 6.71. The van der Waals surface area contributed by atoms with Gasteiger partial charge in [0.05, 0.1) is 6.33 Å². The number of alkyl halides is 3. The molecular formula is C9H9ClF3IN2O2. The maximum absolute atomic E-state index is 11.8. The molecule has 1 aromatic rings. The summed E-state index contributed by atoms with van der Waals surface area (Å²) in [6.45, 7) is -1.12. The lowest BCUT2D eigenvalue weighted by molar-refractivity contribution is -0.174. The van der Waals surface area contributed by atoms with E-state index in [0.29, 0.717) is 0 Å². The van der Waals surface area contributed by atoms with Crippen LogP contribution in [0.3, 0.4) is 0 Å². The molecule has 0 unspecified atom stereocenters. The van der Waals surface area contributed by atoms with Crippen LogP contribution < -0.4 is 5.56 Å². The summed E-state index contributed by atoms with van der Waals surface area (Å²) in [7, 11) is 0. The van der Waals surface area contributed by atoms with E-state index < -0.39 is 12.8 Å². The number of aromatic nitrogens is 2. The molecule has 4 nitrogen and oxygen atoms in total. The Hall–Kier alpha value is -0.350. The summed E-state index contributed by atoms with van der Waals surface area (Å²) in [5.41, 5.74) is -0.313. The summed E-state index contributed by atoms with van der Waals surface area (Å²) in [4.78, 5) is 15.4. The summed E-state index contributed by atoms with van der Waals surface area (Å²) in [6.07, 6.45) is -2.78. The molecule has 0 aliphatic heterocycles. The minimum absolute atomic E-state index is 0.0782. The molecule has 0 aliphatic carbocycles. The first-order chi connectivity index (χ1) is 8.31. The Labute approximate surface area is 119 Å². The van der Waals surface area contributed by atoms with E-state index in [9.17, 15) is 18.0 Å². The maximum atomic E-state index is 11.8. The largest absolute Gasteiger partial charge is 0.411 e. The molecule has 1 rings (SSSR count). The van der Waals surface area contributed by atoms with E-state index in [1.54, 1.807) is 22.6 Å². The van der Waals surface area contributed by atoms with Crippen molar-refractivity contribution < 1.29 is 17.9 Å². The van der Waals surface area contributed by atoms with Gasteiger partial charge in [-0.15, -0.1) is 0 Å². The fourth-order valence-corrected chi connectivity index (χ4v) is 1.70. The normalized spacial score (nSPS) is 11.8. The lowest BCUT2D eigenvalue weighted by Crippen LogP contribution is -2.24. The summed E-state index contributed by atoms with van der Waals surface area (Å²) in [6, 6.07) is 0. The second-order valence-electron chi connectivity index (χ2n) is 3.37. The van der Waals surface area contributed by atoms with Crippen LogP contribution in [0.2, 0.25) is 5.15 Å². The van der Waals surface area contributed by atoms with Crippen molar-refractivity contribution in [3.05, 3.63) is 25.4 Å². The average Bonchev–Trinajstić information content (AvgIpc) is 2.27. The quantitative estimate of drug-likeness (QED) is 0.436. The zero-order chi connectivity index (χ0) is 13.8. The van der Waals surface area contributed by atoms with E-state index in [-0.39, 0.29) is 33.9 Å². The maximum Gasteiger partial charge on any atom is 0.411 e. The molecule has 0 aromatic carbocycles. The van der Waals surface area contributed by atoms with Crippen molar-refractivity contribution in [1.82, 2.24) is 9.55 Å². The van der Waals surface area contributed by atoms with E-state index in [4.69, 9.17) is 11.6 Å². The zero-order valence-corrected chi connectivity index (χ0v) is 11.9. The molecule has 1 heterocycles. The molecule has 0 amide bonds. The Morgan fingerprint density at radius 3 is 2.78 bits per heavy atom. The molecule has 0 spiro atoms. The van der Waals surface area contributed by atoms with Gasteiger partial charge >= 0.3 is 6.18 Å². The number of halogens is 5. The van der Waals surface area contributed by atoms with Crippen LogP contribution in [0.1, 0.15) is 6.42 Å². The monoisotopic (exact) mass is 396 g/mol. The third-order valence-corrected chi connectivity index (χ3v) is 3.47. The topological polar surface area (TPSA) is 44.1 Å². The van der Waals surface area contributed by atoms with Gasteiger partial charge in [0.25, 0.3) is 5.56 Å². The smallest absolute Gasteiger partial charge is 0.372 e. The van der Waals surface area contributed by atoms with Crippen LogP contribution in [-0.4, -0.2) is 28.9 Å². The highest BCUT2D eigenvalue weighted by molar-refractivity contribution is 14.1. The van der Waals surface area contributed by atoms with Gasteiger partial charge in [0.1, 0.15) is 15.3 Å². The van der Waals surface area contributed by atoms with Crippen LogP contribution in [0.4, 0.5) is 13.2 Å². The fraction of sp³-hybridized carbons (Fsp3) is 0.556. The summed E-state index contributed by atoms with van der Waals surface area (Å²) in [5.74, 6) is 0. The highest BCUT2D eigenvalue weighted by atomic mass is 127. The van der Waals surface area contributed by atoms with Crippen molar-refractivity contribution >= 4 is 34.2 Å². The van der Waals surface area contributed by atoms with E-state index in [2.05, 4.69) is 9.72 Å². The van der Waals surface area contributed by atoms with Crippen molar-refractivity contribution in [1.29, 1.82) is 0 Å². The van der Waals surface area contributed by atoms with Gasteiger partial charge in [-0.05, 0) is 29.0 Å². The van der Waals surface area contributed by atoms with Crippen LogP contribution >= 0.6 is 34.2 Å². The van der Waals surface area contributed by atoms with Gasteiger partial charge in [-0.2, -0.15) is 13.2 Å². The molecule has 0 saturated carbocycles. The lowest BCUT2D eigenvalue weighted by Gasteiger charge is -2.08. The first kappa shape index (κ1) is 15.7. The Bertz CT molecular complexity index is 464. The van der Waals surface area contributed by atoms with E-state index in [1.807, 2.05) is 0 Å². The van der Waals surface area contributed by atoms with E-state index in [0.717, 1.165) is 0 Å². The molecule has 0 N–H and O–H groups in total. The van der Waals surface area contributed by atoms with Crippen LogP contribution in [0, 0.1) is 3.57 Å². The molecule has 0 radical (unpaired) electrons. The van der Waals surface area contributed by atoms with Gasteiger partial charge in [-0.25, -0.2) is 4.98 Å². The molecule has 0 aliphatic rings. The first-order valence-corrected chi connectivity index (χ1v) is 6.32.